The van der Waals surface area contributed by atoms with E-state index >= 15 is 0 Å². The smallest absolute Gasteiger partial charge is 0.329 e. The predicted molar refractivity (Wildman–Crippen MR) is 83.5 cm³/mol. The van der Waals surface area contributed by atoms with E-state index in [-0.39, 0.29) is 49.3 Å². The molecule has 1 aromatic carbocycles. The lowest BCUT2D eigenvalue weighted by Gasteiger charge is -2.34. The molecule has 0 aromatic heterocycles. The van der Waals surface area contributed by atoms with Gasteiger partial charge in [-0.15, -0.1) is 0 Å². The lowest BCUT2D eigenvalue weighted by atomic mass is 10.1. The van der Waals surface area contributed by atoms with E-state index in [4.69, 9.17) is 0 Å². The van der Waals surface area contributed by atoms with Crippen LogP contribution in [0.25, 0.3) is 0 Å². The van der Waals surface area contributed by atoms with Gasteiger partial charge in [-0.25, -0.2) is 13.2 Å². The van der Waals surface area contributed by atoms with Gasteiger partial charge in [0.2, 0.25) is 15.9 Å². The molecule has 0 unspecified atom stereocenters. The van der Waals surface area contributed by atoms with Crippen molar-refractivity contribution in [2.24, 2.45) is 0 Å². The van der Waals surface area contributed by atoms with Crippen LogP contribution in [-0.4, -0.2) is 55.2 Å². The van der Waals surface area contributed by atoms with E-state index in [2.05, 4.69) is 5.32 Å². The molecule has 1 N–H and O–H groups in total. The van der Waals surface area contributed by atoms with Crippen LogP contribution in [-0.2, 0) is 21.0 Å². The second-order valence-corrected chi connectivity index (χ2v) is 8.02. The van der Waals surface area contributed by atoms with Gasteiger partial charge in [0.15, 0.2) is 0 Å². The van der Waals surface area contributed by atoms with E-state index < -0.39 is 27.8 Å². The number of nitrogens with zero attached hydrogens (tertiary/aromatic N) is 2. The van der Waals surface area contributed by atoms with Crippen LogP contribution < -0.4 is 5.32 Å². The summed E-state index contributed by atoms with van der Waals surface area (Å²) in [5.41, 5.74) is -0.922. The molecule has 1 aromatic rings. The lowest BCUT2D eigenvalue weighted by molar-refractivity contribution is -0.137. The Labute approximate surface area is 147 Å². The number of benzene rings is 1. The van der Waals surface area contributed by atoms with Crippen LogP contribution in [0.4, 0.5) is 18.0 Å². The number of piperidine rings is 1. The van der Waals surface area contributed by atoms with Crippen LogP contribution in [0, 0.1) is 0 Å². The standard InChI is InChI=1S/C15H16F3N3O4S/c16-15(17,18)10-1-3-12(4-2-10)26(24,25)20-7-5-11(6-8-20)21-13(22)9-19-14(21)23/h1-4,11H,5-9H2,(H,19,23). The Hall–Kier alpha value is -2.14. The number of amides is 3. The molecular formula is C15H16F3N3O4S. The molecule has 26 heavy (non-hydrogen) atoms. The highest BCUT2D eigenvalue weighted by Crippen LogP contribution is 2.31. The maximum absolute atomic E-state index is 12.6. The van der Waals surface area contributed by atoms with Gasteiger partial charge in [-0.2, -0.15) is 17.5 Å². The van der Waals surface area contributed by atoms with Crippen molar-refractivity contribution >= 4 is 22.0 Å². The van der Waals surface area contributed by atoms with Gasteiger partial charge >= 0.3 is 12.2 Å². The lowest BCUT2D eigenvalue weighted by Crippen LogP contribution is -2.48. The Kier molecular flexibility index (Phi) is 4.69. The number of hydrogen-bond acceptors (Lipinski definition) is 4. The van der Waals surface area contributed by atoms with Gasteiger partial charge in [0.1, 0.15) is 0 Å². The molecule has 2 heterocycles. The van der Waals surface area contributed by atoms with E-state index in [9.17, 15) is 31.2 Å². The molecular weight excluding hydrogens is 375 g/mol. The second-order valence-electron chi connectivity index (χ2n) is 6.08. The summed E-state index contributed by atoms with van der Waals surface area (Å²) in [5.74, 6) is -0.348. The maximum Gasteiger partial charge on any atom is 0.416 e. The number of halogens is 3. The van der Waals surface area contributed by atoms with Crippen molar-refractivity contribution in [3.63, 3.8) is 0 Å². The zero-order chi connectivity index (χ0) is 19.1. The molecule has 142 valence electrons. The van der Waals surface area contributed by atoms with Crippen LogP contribution in [0.2, 0.25) is 0 Å². The average Bonchev–Trinajstić information content (AvgIpc) is 2.93. The van der Waals surface area contributed by atoms with Gasteiger partial charge in [0.25, 0.3) is 0 Å². The zero-order valence-electron chi connectivity index (χ0n) is 13.5. The Morgan fingerprint density at radius 3 is 2.08 bits per heavy atom. The molecule has 2 aliphatic heterocycles. The average molecular weight is 391 g/mol. The largest absolute Gasteiger partial charge is 0.416 e. The fourth-order valence-electron chi connectivity index (χ4n) is 3.11. The first kappa shape index (κ1) is 18.6. The molecule has 0 spiro atoms. The van der Waals surface area contributed by atoms with Crippen LogP contribution in [0.3, 0.4) is 0 Å². The summed E-state index contributed by atoms with van der Waals surface area (Å²) in [6.07, 6.45) is -3.98. The first-order valence-electron chi connectivity index (χ1n) is 7.88. The van der Waals surface area contributed by atoms with Crippen molar-refractivity contribution in [3.05, 3.63) is 29.8 Å². The zero-order valence-corrected chi connectivity index (χ0v) is 14.3. The molecule has 2 saturated heterocycles. The Bertz CT molecular complexity index is 800. The molecule has 0 saturated carbocycles. The van der Waals surface area contributed by atoms with Crippen molar-refractivity contribution < 1.29 is 31.2 Å². The van der Waals surface area contributed by atoms with E-state index in [1.807, 2.05) is 0 Å². The van der Waals surface area contributed by atoms with E-state index in [0.717, 1.165) is 33.5 Å². The van der Waals surface area contributed by atoms with E-state index in [1.54, 1.807) is 0 Å². The maximum atomic E-state index is 12.6. The quantitative estimate of drug-likeness (QED) is 0.790. The van der Waals surface area contributed by atoms with Crippen LogP contribution >= 0.6 is 0 Å². The van der Waals surface area contributed by atoms with E-state index in [0.29, 0.717) is 0 Å². The number of carbonyl (C=O) groups excluding carboxylic acids is 2. The van der Waals surface area contributed by atoms with Gasteiger partial charge in [-0.3, -0.25) is 9.69 Å². The highest BCUT2D eigenvalue weighted by Gasteiger charge is 2.39. The van der Waals surface area contributed by atoms with Crippen molar-refractivity contribution in [1.82, 2.24) is 14.5 Å². The number of rotatable bonds is 3. The molecule has 2 fully saturated rings. The van der Waals surface area contributed by atoms with Gasteiger partial charge in [-0.05, 0) is 37.1 Å². The van der Waals surface area contributed by atoms with Crippen molar-refractivity contribution in [1.29, 1.82) is 0 Å². The number of hydrogen-bond donors (Lipinski definition) is 1. The summed E-state index contributed by atoms with van der Waals surface area (Å²) in [6, 6.07) is 2.45. The molecule has 0 bridgehead atoms. The predicted octanol–water partition coefficient (Wildman–Crippen LogP) is 1.41. The Morgan fingerprint density at radius 2 is 1.62 bits per heavy atom. The minimum atomic E-state index is -4.54. The second kappa shape index (κ2) is 6.54. The molecule has 11 heteroatoms. The van der Waals surface area contributed by atoms with Crippen molar-refractivity contribution in [3.8, 4) is 0 Å². The molecule has 0 radical (unpaired) electrons. The van der Waals surface area contributed by atoms with Crippen LogP contribution in [0.5, 0.6) is 0 Å². The number of carbonyl (C=O) groups is 2. The summed E-state index contributed by atoms with van der Waals surface area (Å²) in [7, 11) is -3.94. The summed E-state index contributed by atoms with van der Waals surface area (Å²) in [5, 5.41) is 2.42. The number of nitrogens with one attached hydrogen (secondary N) is 1. The summed E-state index contributed by atoms with van der Waals surface area (Å²) >= 11 is 0. The van der Waals surface area contributed by atoms with Crippen molar-refractivity contribution in [2.75, 3.05) is 19.6 Å². The number of imide groups is 1. The summed E-state index contributed by atoms with van der Waals surface area (Å²) < 4.78 is 64.1. The third-order valence-electron chi connectivity index (χ3n) is 4.49. The fraction of sp³-hybridized carbons (Fsp3) is 0.467. The molecule has 0 aliphatic carbocycles. The first-order chi connectivity index (χ1) is 12.1. The Morgan fingerprint density at radius 1 is 1.04 bits per heavy atom. The normalized spacial score (nSPS) is 20.5. The van der Waals surface area contributed by atoms with Gasteiger partial charge in [-0.1, -0.05) is 0 Å². The third kappa shape index (κ3) is 3.40. The topological polar surface area (TPSA) is 86.8 Å². The number of alkyl halides is 3. The minimum absolute atomic E-state index is 0.0666. The Balaban J connectivity index is 1.70. The first-order valence-corrected chi connectivity index (χ1v) is 9.32. The van der Waals surface area contributed by atoms with Gasteiger partial charge < -0.3 is 5.32 Å². The van der Waals surface area contributed by atoms with Crippen LogP contribution in [0.15, 0.2) is 29.2 Å². The van der Waals surface area contributed by atoms with Gasteiger partial charge in [0.05, 0.1) is 17.0 Å². The SMILES string of the molecule is O=C1CNC(=O)N1C1CCN(S(=O)(=O)c2ccc(C(F)(F)F)cc2)CC1. The van der Waals surface area contributed by atoms with E-state index in [1.165, 1.54) is 0 Å². The summed E-state index contributed by atoms with van der Waals surface area (Å²) in [6.45, 7) is 0.0824. The number of sulfonamides is 1. The number of urea groups is 1. The minimum Gasteiger partial charge on any atom is -0.329 e. The fourth-order valence-corrected chi connectivity index (χ4v) is 4.58. The van der Waals surface area contributed by atoms with Gasteiger partial charge in [0, 0.05) is 19.1 Å². The monoisotopic (exact) mass is 391 g/mol. The van der Waals surface area contributed by atoms with Crippen molar-refractivity contribution in [2.45, 2.75) is 30.0 Å². The molecule has 3 rings (SSSR count). The third-order valence-corrected chi connectivity index (χ3v) is 6.40. The highest BCUT2D eigenvalue weighted by atomic mass is 32.2. The highest BCUT2D eigenvalue weighted by molar-refractivity contribution is 7.89. The molecule has 3 amide bonds. The summed E-state index contributed by atoms with van der Waals surface area (Å²) in [4.78, 5) is 24.3. The van der Waals surface area contributed by atoms with Crippen LogP contribution in [0.1, 0.15) is 18.4 Å². The molecule has 7 nitrogen and oxygen atoms in total. The molecule has 2 aliphatic rings. The molecule has 0 atom stereocenters.